The van der Waals surface area contributed by atoms with Crippen LogP contribution in [0.15, 0.2) is 50.6 Å². The SMILES string of the molecule is C=CCCCCCC[C@@](C)(N)C(C)=O.C=CCCCCCC[C@](C)(N)C(C)=O.C=CCCC[C@@](C)(N)C(C)=O.C=CCCC[C@](C)(N)C(C)=O. The topological polar surface area (TPSA) is 172 Å². The van der Waals surface area contributed by atoms with Gasteiger partial charge in [-0.2, -0.15) is 0 Å². The van der Waals surface area contributed by atoms with Crippen LogP contribution in [0.5, 0.6) is 0 Å². The van der Waals surface area contributed by atoms with Crippen molar-refractivity contribution in [3.63, 3.8) is 0 Å². The molecule has 0 amide bonds. The molecule has 0 aromatic carbocycles. The van der Waals surface area contributed by atoms with Crippen LogP contribution < -0.4 is 22.9 Å². The Hall–Kier alpha value is -2.52. The molecule has 0 aliphatic rings. The van der Waals surface area contributed by atoms with Crippen LogP contribution in [-0.2, 0) is 19.2 Å². The molecular formula is C42H80N4O4. The predicted molar refractivity (Wildman–Crippen MR) is 217 cm³/mol. The quantitative estimate of drug-likeness (QED) is 0.0510. The van der Waals surface area contributed by atoms with E-state index in [0.29, 0.717) is 0 Å². The Bertz CT molecular complexity index is 902. The van der Waals surface area contributed by atoms with Gasteiger partial charge in [-0.25, -0.2) is 0 Å². The molecule has 50 heavy (non-hydrogen) atoms. The van der Waals surface area contributed by atoms with Crippen LogP contribution in [0, 0.1) is 0 Å². The van der Waals surface area contributed by atoms with E-state index in [2.05, 4.69) is 26.3 Å². The van der Waals surface area contributed by atoms with Crippen molar-refractivity contribution in [3.05, 3.63) is 50.6 Å². The fourth-order valence-corrected chi connectivity index (χ4v) is 4.20. The van der Waals surface area contributed by atoms with Crippen LogP contribution in [-0.4, -0.2) is 45.3 Å². The maximum atomic E-state index is 11.1. The maximum absolute atomic E-state index is 11.1. The van der Waals surface area contributed by atoms with Crippen LogP contribution in [0.25, 0.3) is 0 Å². The average molecular weight is 705 g/mol. The Morgan fingerprint density at radius 2 is 0.560 bits per heavy atom. The molecule has 0 rings (SSSR count). The number of ketones is 4. The van der Waals surface area contributed by atoms with Gasteiger partial charge >= 0.3 is 0 Å². The number of carbonyl (C=O) groups excluding carboxylic acids is 4. The Balaban J connectivity index is -0.000000284. The van der Waals surface area contributed by atoms with Crippen LogP contribution in [0.1, 0.15) is 171 Å². The Morgan fingerprint density at radius 1 is 0.380 bits per heavy atom. The lowest BCUT2D eigenvalue weighted by Gasteiger charge is -2.20. The summed E-state index contributed by atoms with van der Waals surface area (Å²) in [6.07, 6.45) is 25.8. The van der Waals surface area contributed by atoms with Crippen molar-refractivity contribution in [2.75, 3.05) is 0 Å². The molecule has 0 heterocycles. The van der Waals surface area contributed by atoms with E-state index in [4.69, 9.17) is 22.9 Å². The van der Waals surface area contributed by atoms with E-state index < -0.39 is 22.2 Å². The number of hydrogen-bond donors (Lipinski definition) is 4. The highest BCUT2D eigenvalue weighted by Crippen LogP contribution is 2.16. The van der Waals surface area contributed by atoms with Gasteiger partial charge < -0.3 is 22.9 Å². The first kappa shape index (κ1) is 54.3. The number of allylic oxidation sites excluding steroid dienone is 4. The number of carbonyl (C=O) groups is 4. The summed E-state index contributed by atoms with van der Waals surface area (Å²) in [5.74, 6) is 0.287. The van der Waals surface area contributed by atoms with Crippen molar-refractivity contribution < 1.29 is 19.2 Å². The molecule has 8 heteroatoms. The second kappa shape index (κ2) is 31.2. The highest BCUT2D eigenvalue weighted by Gasteiger charge is 2.25. The van der Waals surface area contributed by atoms with Crippen LogP contribution >= 0.6 is 0 Å². The second-order valence-electron chi connectivity index (χ2n) is 14.7. The predicted octanol–water partition coefficient (Wildman–Crippen LogP) is 8.94. The third-order valence-electron chi connectivity index (χ3n) is 9.13. The molecule has 0 aliphatic carbocycles. The van der Waals surface area contributed by atoms with E-state index in [-0.39, 0.29) is 23.1 Å². The van der Waals surface area contributed by atoms with Crippen molar-refractivity contribution in [2.45, 2.75) is 193 Å². The largest absolute Gasteiger partial charge is 0.319 e. The maximum Gasteiger partial charge on any atom is 0.149 e. The molecule has 0 spiro atoms. The Morgan fingerprint density at radius 3 is 0.760 bits per heavy atom. The van der Waals surface area contributed by atoms with Gasteiger partial charge in [0.25, 0.3) is 0 Å². The van der Waals surface area contributed by atoms with Crippen molar-refractivity contribution in [2.24, 2.45) is 22.9 Å². The molecule has 0 saturated carbocycles. The Labute approximate surface area is 308 Å². The lowest BCUT2D eigenvalue weighted by molar-refractivity contribution is -0.122. The molecule has 0 aliphatic heterocycles. The zero-order chi connectivity index (χ0) is 39.9. The first-order valence-corrected chi connectivity index (χ1v) is 18.7. The lowest BCUT2D eigenvalue weighted by atomic mass is 9.91. The van der Waals surface area contributed by atoms with Crippen molar-refractivity contribution in [1.82, 2.24) is 0 Å². The van der Waals surface area contributed by atoms with Gasteiger partial charge in [0.15, 0.2) is 0 Å². The standard InChI is InChI=1S/2C12H23NO.2C9H17NO/c2*1-4-5-6-7-8-9-10-12(3,13)11(2)14;2*1-4-5-6-7-9(3,10)8(2)11/h2*4H,1,5-10,13H2,2-3H3;2*4H,1,5-7,10H2,2-3H3/t2*12-;2*9-/m1010/s1. The molecule has 8 nitrogen and oxygen atoms in total. The second-order valence-corrected chi connectivity index (χ2v) is 14.7. The molecule has 292 valence electrons. The summed E-state index contributed by atoms with van der Waals surface area (Å²) < 4.78 is 0. The number of unbranched alkanes of at least 4 members (excludes halogenated alkanes) is 10. The monoisotopic (exact) mass is 705 g/mol. The average Bonchev–Trinajstić information content (AvgIpc) is 3.01. The van der Waals surface area contributed by atoms with Gasteiger partial charge in [0.1, 0.15) is 23.1 Å². The summed E-state index contributed by atoms with van der Waals surface area (Å²) in [5.41, 5.74) is 20.6. The number of hydrogen-bond acceptors (Lipinski definition) is 8. The van der Waals surface area contributed by atoms with Gasteiger partial charge in [0.05, 0.1) is 22.2 Å². The highest BCUT2D eigenvalue weighted by atomic mass is 16.1. The van der Waals surface area contributed by atoms with Gasteiger partial charge in [0.2, 0.25) is 0 Å². The van der Waals surface area contributed by atoms with E-state index in [1.165, 1.54) is 39.5 Å². The molecule has 0 aromatic heterocycles. The summed E-state index contributed by atoms with van der Waals surface area (Å²) in [5, 5.41) is 0. The van der Waals surface area contributed by atoms with E-state index in [0.717, 1.165) is 89.9 Å². The van der Waals surface area contributed by atoms with Crippen LogP contribution in [0.3, 0.4) is 0 Å². The first-order chi connectivity index (χ1) is 23.0. The smallest absolute Gasteiger partial charge is 0.149 e. The third kappa shape index (κ3) is 34.0. The molecule has 0 radical (unpaired) electrons. The zero-order valence-electron chi connectivity index (χ0n) is 33.8. The minimum Gasteiger partial charge on any atom is -0.319 e. The van der Waals surface area contributed by atoms with Crippen molar-refractivity contribution in [1.29, 1.82) is 0 Å². The van der Waals surface area contributed by atoms with Gasteiger partial charge in [0, 0.05) is 0 Å². The summed E-state index contributed by atoms with van der Waals surface area (Å²) in [4.78, 5) is 44.0. The van der Waals surface area contributed by atoms with E-state index in [9.17, 15) is 19.2 Å². The minimum absolute atomic E-state index is 0.0570. The summed E-state index contributed by atoms with van der Waals surface area (Å²) >= 11 is 0. The molecule has 0 unspecified atom stereocenters. The fourth-order valence-electron chi connectivity index (χ4n) is 4.20. The molecule has 8 N–H and O–H groups in total. The molecule has 0 saturated heterocycles. The molecular weight excluding hydrogens is 624 g/mol. The number of nitrogens with two attached hydrogens (primary N) is 4. The normalized spacial score (nSPS) is 15.1. The number of rotatable bonds is 26. The highest BCUT2D eigenvalue weighted by molar-refractivity contribution is 5.86. The Kier molecular flexibility index (Phi) is 33.9. The zero-order valence-corrected chi connectivity index (χ0v) is 33.8. The number of Topliss-reactive ketones (excluding diaryl/α,β-unsaturated/α-hetero) is 4. The van der Waals surface area contributed by atoms with E-state index >= 15 is 0 Å². The van der Waals surface area contributed by atoms with Crippen LogP contribution in [0.4, 0.5) is 0 Å². The molecule has 4 atom stereocenters. The van der Waals surface area contributed by atoms with E-state index in [1.807, 2.05) is 38.2 Å². The van der Waals surface area contributed by atoms with E-state index in [1.54, 1.807) is 27.7 Å². The van der Waals surface area contributed by atoms with Gasteiger partial charge in [-0.15, -0.1) is 26.3 Å². The summed E-state index contributed by atoms with van der Waals surface area (Å²) in [6, 6.07) is 0. The first-order valence-electron chi connectivity index (χ1n) is 18.7. The molecule has 0 bridgehead atoms. The third-order valence-corrected chi connectivity index (χ3v) is 9.13. The van der Waals surface area contributed by atoms with Crippen molar-refractivity contribution >= 4 is 23.1 Å². The van der Waals surface area contributed by atoms with Gasteiger partial charge in [-0.05, 0) is 132 Å². The minimum atomic E-state index is -0.636. The lowest BCUT2D eigenvalue weighted by Crippen LogP contribution is -2.43. The van der Waals surface area contributed by atoms with Crippen molar-refractivity contribution in [3.8, 4) is 0 Å². The van der Waals surface area contributed by atoms with Crippen LogP contribution in [0.2, 0.25) is 0 Å². The molecule has 0 fully saturated rings. The molecule has 0 aromatic rings. The summed E-state index contributed by atoms with van der Waals surface area (Å²) in [6.45, 7) is 27.9. The van der Waals surface area contributed by atoms with Gasteiger partial charge in [-0.3, -0.25) is 19.2 Å². The van der Waals surface area contributed by atoms with Gasteiger partial charge in [-0.1, -0.05) is 62.8 Å². The fraction of sp³-hybridized carbons (Fsp3) is 0.714. The summed E-state index contributed by atoms with van der Waals surface area (Å²) in [7, 11) is 0.